The maximum atomic E-state index is 11.1. The number of hydrogen-bond donors (Lipinski definition) is 1. The second-order valence-corrected chi connectivity index (χ2v) is 5.34. The summed E-state index contributed by atoms with van der Waals surface area (Å²) in [5.74, 6) is 0.396. The van der Waals surface area contributed by atoms with Crippen LogP contribution in [0.2, 0.25) is 0 Å². The number of aromatic carboxylic acids is 1. The molecule has 4 nitrogen and oxygen atoms in total. The van der Waals surface area contributed by atoms with Gasteiger partial charge in [0.05, 0.1) is 0 Å². The highest BCUT2D eigenvalue weighted by molar-refractivity contribution is 5.90. The van der Waals surface area contributed by atoms with Crippen LogP contribution in [0.5, 0.6) is 5.75 Å². The SMILES string of the molecule is CCC1CCN(CCOc2ccccc2C(=O)O)CC1. The standard InChI is InChI=1S/C16H23NO3/c1-2-13-7-9-17(10-8-13)11-12-20-15-6-4-3-5-14(15)16(18)19/h3-6,13H,2,7-12H2,1H3,(H,18,19). The third-order valence-electron chi connectivity index (χ3n) is 4.07. The molecule has 0 saturated carbocycles. The summed E-state index contributed by atoms with van der Waals surface area (Å²) in [6.45, 7) is 5.92. The molecule has 0 radical (unpaired) electrons. The van der Waals surface area contributed by atoms with Gasteiger partial charge in [-0.3, -0.25) is 4.90 Å². The molecule has 0 aromatic heterocycles. The van der Waals surface area contributed by atoms with Crippen molar-refractivity contribution < 1.29 is 14.6 Å². The highest BCUT2D eigenvalue weighted by Gasteiger charge is 2.17. The first kappa shape index (κ1) is 14.9. The van der Waals surface area contributed by atoms with Crippen LogP contribution in [0.4, 0.5) is 0 Å². The summed E-state index contributed by atoms with van der Waals surface area (Å²) < 4.78 is 5.63. The zero-order chi connectivity index (χ0) is 14.4. The van der Waals surface area contributed by atoms with Crippen molar-refractivity contribution in [3.05, 3.63) is 29.8 Å². The number of carboxylic acid groups (broad SMARTS) is 1. The second kappa shape index (κ2) is 7.29. The fourth-order valence-electron chi connectivity index (χ4n) is 2.67. The van der Waals surface area contributed by atoms with E-state index in [1.807, 2.05) is 0 Å². The molecule has 4 heteroatoms. The highest BCUT2D eigenvalue weighted by atomic mass is 16.5. The minimum Gasteiger partial charge on any atom is -0.491 e. The highest BCUT2D eigenvalue weighted by Crippen LogP contribution is 2.20. The third-order valence-corrected chi connectivity index (χ3v) is 4.07. The topological polar surface area (TPSA) is 49.8 Å². The first-order valence-electron chi connectivity index (χ1n) is 7.38. The van der Waals surface area contributed by atoms with Crippen LogP contribution in [0.15, 0.2) is 24.3 Å². The molecule has 1 heterocycles. The molecule has 1 saturated heterocycles. The number of likely N-dealkylation sites (tertiary alicyclic amines) is 1. The van der Waals surface area contributed by atoms with Crippen LogP contribution in [-0.2, 0) is 0 Å². The van der Waals surface area contributed by atoms with Crippen LogP contribution in [0.3, 0.4) is 0 Å². The molecule has 20 heavy (non-hydrogen) atoms. The van der Waals surface area contributed by atoms with Crippen molar-refractivity contribution in [3.63, 3.8) is 0 Å². The Hall–Kier alpha value is -1.55. The summed E-state index contributed by atoms with van der Waals surface area (Å²) in [7, 11) is 0. The summed E-state index contributed by atoms with van der Waals surface area (Å²) in [5, 5.41) is 9.08. The molecular formula is C16H23NO3. The molecule has 1 N–H and O–H groups in total. The summed E-state index contributed by atoms with van der Waals surface area (Å²) in [6.07, 6.45) is 3.81. The largest absolute Gasteiger partial charge is 0.491 e. The van der Waals surface area contributed by atoms with E-state index in [-0.39, 0.29) is 5.56 Å². The predicted octanol–water partition coefficient (Wildman–Crippen LogP) is 2.89. The molecule has 0 atom stereocenters. The molecule has 1 fully saturated rings. The lowest BCUT2D eigenvalue weighted by Crippen LogP contribution is -2.36. The Labute approximate surface area is 120 Å². The van der Waals surface area contributed by atoms with Crippen molar-refractivity contribution in [2.45, 2.75) is 26.2 Å². The summed E-state index contributed by atoms with van der Waals surface area (Å²) in [5.41, 5.74) is 0.234. The van der Waals surface area contributed by atoms with Crippen molar-refractivity contribution >= 4 is 5.97 Å². The van der Waals surface area contributed by atoms with Gasteiger partial charge in [-0.2, -0.15) is 0 Å². The number of carbonyl (C=O) groups is 1. The Kier molecular flexibility index (Phi) is 5.41. The lowest BCUT2D eigenvalue weighted by atomic mass is 9.94. The van der Waals surface area contributed by atoms with E-state index in [1.165, 1.54) is 19.3 Å². The van der Waals surface area contributed by atoms with Crippen molar-refractivity contribution in [1.29, 1.82) is 0 Å². The van der Waals surface area contributed by atoms with E-state index < -0.39 is 5.97 Å². The van der Waals surface area contributed by atoms with Crippen LogP contribution in [0.25, 0.3) is 0 Å². The molecule has 1 aromatic rings. The number of para-hydroxylation sites is 1. The number of benzene rings is 1. The van der Waals surface area contributed by atoms with Crippen LogP contribution < -0.4 is 4.74 Å². The molecule has 110 valence electrons. The van der Waals surface area contributed by atoms with Gasteiger partial charge < -0.3 is 9.84 Å². The normalized spacial score (nSPS) is 17.1. The van der Waals surface area contributed by atoms with Crippen molar-refractivity contribution in [3.8, 4) is 5.75 Å². The van der Waals surface area contributed by atoms with Gasteiger partial charge in [-0.05, 0) is 44.0 Å². The van der Waals surface area contributed by atoms with E-state index in [0.717, 1.165) is 25.6 Å². The zero-order valence-corrected chi connectivity index (χ0v) is 12.0. The predicted molar refractivity (Wildman–Crippen MR) is 78.4 cm³/mol. The van der Waals surface area contributed by atoms with Crippen molar-refractivity contribution in [2.75, 3.05) is 26.2 Å². The van der Waals surface area contributed by atoms with Gasteiger partial charge in [0.2, 0.25) is 0 Å². The average Bonchev–Trinajstić information content (AvgIpc) is 2.48. The van der Waals surface area contributed by atoms with E-state index in [4.69, 9.17) is 9.84 Å². The van der Waals surface area contributed by atoms with Gasteiger partial charge in [0.1, 0.15) is 17.9 Å². The molecule has 0 amide bonds. The summed E-state index contributed by atoms with van der Waals surface area (Å²) in [4.78, 5) is 13.5. The number of rotatable bonds is 6. The van der Waals surface area contributed by atoms with Crippen LogP contribution >= 0.6 is 0 Å². The third kappa shape index (κ3) is 3.97. The number of nitrogens with zero attached hydrogens (tertiary/aromatic N) is 1. The van der Waals surface area contributed by atoms with Crippen LogP contribution in [-0.4, -0.2) is 42.2 Å². The van der Waals surface area contributed by atoms with Gasteiger partial charge in [0, 0.05) is 6.54 Å². The molecule has 2 rings (SSSR count). The molecular weight excluding hydrogens is 254 g/mol. The van der Waals surface area contributed by atoms with E-state index >= 15 is 0 Å². The number of piperidine rings is 1. The first-order valence-corrected chi connectivity index (χ1v) is 7.38. The minimum absolute atomic E-state index is 0.234. The maximum Gasteiger partial charge on any atom is 0.339 e. The Morgan fingerprint density at radius 2 is 2.05 bits per heavy atom. The van der Waals surface area contributed by atoms with E-state index in [9.17, 15) is 4.79 Å². The Morgan fingerprint density at radius 1 is 1.35 bits per heavy atom. The van der Waals surface area contributed by atoms with Gasteiger partial charge >= 0.3 is 5.97 Å². The molecule has 0 bridgehead atoms. The van der Waals surface area contributed by atoms with Gasteiger partial charge in [-0.1, -0.05) is 25.5 Å². The Morgan fingerprint density at radius 3 is 2.70 bits per heavy atom. The molecule has 1 aliphatic heterocycles. The zero-order valence-electron chi connectivity index (χ0n) is 12.0. The van der Waals surface area contributed by atoms with Gasteiger partial charge in [0.15, 0.2) is 0 Å². The lowest BCUT2D eigenvalue weighted by Gasteiger charge is -2.31. The molecule has 1 aliphatic rings. The van der Waals surface area contributed by atoms with Crippen LogP contribution in [0, 0.1) is 5.92 Å². The van der Waals surface area contributed by atoms with E-state index in [1.54, 1.807) is 24.3 Å². The fourth-order valence-corrected chi connectivity index (χ4v) is 2.67. The van der Waals surface area contributed by atoms with Crippen molar-refractivity contribution in [1.82, 2.24) is 4.90 Å². The Bertz CT molecular complexity index is 439. The average molecular weight is 277 g/mol. The van der Waals surface area contributed by atoms with Gasteiger partial charge in [0.25, 0.3) is 0 Å². The lowest BCUT2D eigenvalue weighted by molar-refractivity contribution is 0.0691. The summed E-state index contributed by atoms with van der Waals surface area (Å²) in [6, 6.07) is 6.80. The maximum absolute atomic E-state index is 11.1. The van der Waals surface area contributed by atoms with Gasteiger partial charge in [-0.15, -0.1) is 0 Å². The van der Waals surface area contributed by atoms with E-state index in [0.29, 0.717) is 12.4 Å². The minimum atomic E-state index is -0.940. The van der Waals surface area contributed by atoms with E-state index in [2.05, 4.69) is 11.8 Å². The monoisotopic (exact) mass is 277 g/mol. The summed E-state index contributed by atoms with van der Waals surface area (Å²) >= 11 is 0. The molecule has 0 spiro atoms. The smallest absolute Gasteiger partial charge is 0.339 e. The number of ether oxygens (including phenoxy) is 1. The molecule has 1 aromatic carbocycles. The molecule has 0 unspecified atom stereocenters. The van der Waals surface area contributed by atoms with Gasteiger partial charge in [-0.25, -0.2) is 4.79 Å². The second-order valence-electron chi connectivity index (χ2n) is 5.34. The quantitative estimate of drug-likeness (QED) is 0.868. The number of carboxylic acids is 1. The first-order chi connectivity index (χ1) is 9.70. The van der Waals surface area contributed by atoms with Crippen LogP contribution in [0.1, 0.15) is 36.5 Å². The fraction of sp³-hybridized carbons (Fsp3) is 0.562. The van der Waals surface area contributed by atoms with Crippen molar-refractivity contribution in [2.24, 2.45) is 5.92 Å². The molecule has 0 aliphatic carbocycles. The number of hydrogen-bond acceptors (Lipinski definition) is 3. The Balaban J connectivity index is 1.78.